The van der Waals surface area contributed by atoms with Gasteiger partial charge in [-0.3, -0.25) is 0 Å². The maximum absolute atomic E-state index is 13.5. The third-order valence-corrected chi connectivity index (χ3v) is 4.35. The lowest BCUT2D eigenvalue weighted by Crippen LogP contribution is -2.16. The van der Waals surface area contributed by atoms with E-state index in [1.54, 1.807) is 17.4 Å². The van der Waals surface area contributed by atoms with Crippen molar-refractivity contribution in [3.05, 3.63) is 64.7 Å². The number of aromatic nitrogens is 1. The van der Waals surface area contributed by atoms with Crippen molar-refractivity contribution in [2.75, 3.05) is 6.54 Å². The molecule has 0 fully saturated rings. The highest BCUT2D eigenvalue weighted by Gasteiger charge is 2.07. The molecule has 0 saturated heterocycles. The van der Waals surface area contributed by atoms with Crippen LogP contribution in [0.3, 0.4) is 0 Å². The van der Waals surface area contributed by atoms with Crippen LogP contribution in [-0.4, -0.2) is 11.5 Å². The molecule has 5 heteroatoms. The maximum atomic E-state index is 13.5. The number of nitrogens with one attached hydrogen (secondary N) is 1. The lowest BCUT2D eigenvalue weighted by molar-refractivity contribution is 0.549. The molecule has 22 heavy (non-hydrogen) atoms. The minimum atomic E-state index is -0.144. The van der Waals surface area contributed by atoms with E-state index in [2.05, 4.69) is 10.3 Å². The Morgan fingerprint density at radius 3 is 2.86 bits per heavy atom. The number of nitrogens with zero attached hydrogens (tertiary/aromatic N) is 1. The first kappa shape index (κ1) is 14.9. The van der Waals surface area contributed by atoms with Crippen molar-refractivity contribution in [1.29, 1.82) is 0 Å². The van der Waals surface area contributed by atoms with E-state index in [1.165, 1.54) is 6.07 Å². The summed E-state index contributed by atoms with van der Waals surface area (Å²) in [4.78, 5) is 5.41. The largest absolute Gasteiger partial charge is 0.460 e. The van der Waals surface area contributed by atoms with Crippen LogP contribution in [0.1, 0.15) is 16.3 Å². The molecular weight excluding hydrogens is 299 g/mol. The fourth-order valence-corrected chi connectivity index (χ4v) is 3.04. The molecule has 1 N–H and O–H groups in total. The molecule has 0 aliphatic rings. The molecular formula is C17H17FN2OS. The summed E-state index contributed by atoms with van der Waals surface area (Å²) in [6, 6.07) is 10.8. The van der Waals surface area contributed by atoms with E-state index in [0.717, 1.165) is 33.5 Å². The summed E-state index contributed by atoms with van der Waals surface area (Å²) in [5.74, 6) is 1.61. The number of rotatable bonds is 6. The van der Waals surface area contributed by atoms with Crippen molar-refractivity contribution in [2.24, 2.45) is 0 Å². The van der Waals surface area contributed by atoms with Crippen LogP contribution in [0.4, 0.5) is 4.39 Å². The van der Waals surface area contributed by atoms with E-state index in [-0.39, 0.29) is 5.82 Å². The van der Waals surface area contributed by atoms with Crippen LogP contribution in [0.2, 0.25) is 0 Å². The number of halogens is 1. The van der Waals surface area contributed by atoms with Crippen LogP contribution in [0.5, 0.6) is 0 Å². The van der Waals surface area contributed by atoms with E-state index in [0.29, 0.717) is 13.0 Å². The Bertz CT molecular complexity index is 750. The van der Waals surface area contributed by atoms with Gasteiger partial charge in [0.15, 0.2) is 0 Å². The van der Waals surface area contributed by atoms with Crippen LogP contribution in [0.25, 0.3) is 10.6 Å². The fourth-order valence-electron chi connectivity index (χ4n) is 2.19. The van der Waals surface area contributed by atoms with E-state index in [9.17, 15) is 4.39 Å². The molecule has 1 aromatic carbocycles. The summed E-state index contributed by atoms with van der Waals surface area (Å²) in [5.41, 5.74) is 0.737. The molecule has 114 valence electrons. The van der Waals surface area contributed by atoms with Crippen LogP contribution in [0, 0.1) is 12.7 Å². The summed E-state index contributed by atoms with van der Waals surface area (Å²) >= 11 is 1.61. The lowest BCUT2D eigenvalue weighted by Gasteiger charge is -2.04. The normalized spacial score (nSPS) is 11.0. The zero-order valence-electron chi connectivity index (χ0n) is 12.3. The standard InChI is InChI=1S/C17H17FN2OS/c1-12-6-7-15(21-12)16-10-20-17(22-16)11-19-9-8-13-4-2-3-5-14(13)18/h2-7,10,19H,8-9,11H2,1H3. The Balaban J connectivity index is 1.50. The number of hydrogen-bond acceptors (Lipinski definition) is 4. The van der Waals surface area contributed by atoms with Gasteiger partial charge in [0.1, 0.15) is 22.3 Å². The third-order valence-electron chi connectivity index (χ3n) is 3.34. The van der Waals surface area contributed by atoms with Crippen molar-refractivity contribution < 1.29 is 8.81 Å². The van der Waals surface area contributed by atoms with E-state index >= 15 is 0 Å². The average Bonchev–Trinajstić information content (AvgIpc) is 3.14. The van der Waals surface area contributed by atoms with Crippen molar-refractivity contribution >= 4 is 11.3 Å². The predicted octanol–water partition coefficient (Wildman–Crippen LogP) is 4.18. The lowest BCUT2D eigenvalue weighted by atomic mass is 10.1. The number of furan rings is 1. The van der Waals surface area contributed by atoms with Gasteiger partial charge in [-0.1, -0.05) is 18.2 Å². The summed E-state index contributed by atoms with van der Waals surface area (Å²) in [6.07, 6.45) is 2.50. The highest BCUT2D eigenvalue weighted by Crippen LogP contribution is 2.27. The summed E-state index contributed by atoms with van der Waals surface area (Å²) in [7, 11) is 0. The summed E-state index contributed by atoms with van der Waals surface area (Å²) in [6.45, 7) is 3.32. The average molecular weight is 316 g/mol. The molecule has 0 aliphatic heterocycles. The molecule has 3 nitrogen and oxygen atoms in total. The number of hydrogen-bond donors (Lipinski definition) is 1. The Labute approximate surface area is 132 Å². The molecule has 0 bridgehead atoms. The number of aryl methyl sites for hydroxylation is 1. The molecule has 0 unspecified atom stereocenters. The highest BCUT2D eigenvalue weighted by atomic mass is 32.1. The van der Waals surface area contributed by atoms with Gasteiger partial charge in [0.2, 0.25) is 0 Å². The van der Waals surface area contributed by atoms with Crippen LogP contribution in [0.15, 0.2) is 47.0 Å². The summed E-state index contributed by atoms with van der Waals surface area (Å²) in [5, 5.41) is 4.30. The first-order valence-corrected chi connectivity index (χ1v) is 7.99. The SMILES string of the molecule is Cc1ccc(-c2cnc(CNCCc3ccccc3F)s2)o1. The van der Waals surface area contributed by atoms with Crippen molar-refractivity contribution in [3.8, 4) is 10.6 Å². The number of thiazole rings is 1. The molecule has 0 atom stereocenters. The Morgan fingerprint density at radius 2 is 2.09 bits per heavy atom. The van der Waals surface area contributed by atoms with Gasteiger partial charge in [-0.25, -0.2) is 9.37 Å². The second kappa shape index (κ2) is 6.85. The quantitative estimate of drug-likeness (QED) is 0.693. The van der Waals surface area contributed by atoms with Gasteiger partial charge >= 0.3 is 0 Å². The molecule has 3 aromatic rings. The van der Waals surface area contributed by atoms with Gasteiger partial charge in [0, 0.05) is 12.7 Å². The van der Waals surface area contributed by atoms with Gasteiger partial charge in [-0.05, 0) is 43.7 Å². The smallest absolute Gasteiger partial charge is 0.145 e. The third kappa shape index (κ3) is 3.61. The first-order chi connectivity index (χ1) is 10.7. The van der Waals surface area contributed by atoms with Gasteiger partial charge in [0.25, 0.3) is 0 Å². The van der Waals surface area contributed by atoms with Gasteiger partial charge < -0.3 is 9.73 Å². The molecule has 2 aromatic heterocycles. The second-order valence-corrected chi connectivity index (χ2v) is 6.16. The molecule has 3 rings (SSSR count). The molecule has 0 saturated carbocycles. The van der Waals surface area contributed by atoms with E-state index in [1.807, 2.05) is 37.4 Å². The second-order valence-electron chi connectivity index (χ2n) is 5.05. The zero-order chi connectivity index (χ0) is 15.4. The molecule has 0 spiro atoms. The van der Waals surface area contributed by atoms with Crippen molar-refractivity contribution in [3.63, 3.8) is 0 Å². The molecule has 0 amide bonds. The Hall–Kier alpha value is -1.98. The van der Waals surface area contributed by atoms with Crippen LogP contribution < -0.4 is 5.32 Å². The maximum Gasteiger partial charge on any atom is 0.145 e. The van der Waals surface area contributed by atoms with Gasteiger partial charge in [-0.2, -0.15) is 0 Å². The molecule has 0 aliphatic carbocycles. The first-order valence-electron chi connectivity index (χ1n) is 7.18. The van der Waals surface area contributed by atoms with Crippen LogP contribution in [-0.2, 0) is 13.0 Å². The Kier molecular flexibility index (Phi) is 4.65. The Morgan fingerprint density at radius 1 is 1.23 bits per heavy atom. The van der Waals surface area contributed by atoms with Gasteiger partial charge in [0.05, 0.1) is 4.88 Å². The minimum Gasteiger partial charge on any atom is -0.460 e. The monoisotopic (exact) mass is 316 g/mol. The molecule has 0 radical (unpaired) electrons. The zero-order valence-corrected chi connectivity index (χ0v) is 13.1. The predicted molar refractivity (Wildman–Crippen MR) is 86.4 cm³/mol. The van der Waals surface area contributed by atoms with Gasteiger partial charge in [-0.15, -0.1) is 11.3 Å². The van der Waals surface area contributed by atoms with E-state index in [4.69, 9.17) is 4.42 Å². The topological polar surface area (TPSA) is 38.1 Å². The summed E-state index contributed by atoms with van der Waals surface area (Å²) < 4.78 is 19.1. The van der Waals surface area contributed by atoms with E-state index < -0.39 is 0 Å². The van der Waals surface area contributed by atoms with Crippen LogP contribution >= 0.6 is 11.3 Å². The number of benzene rings is 1. The van der Waals surface area contributed by atoms with Crippen molar-refractivity contribution in [1.82, 2.24) is 10.3 Å². The highest BCUT2D eigenvalue weighted by molar-refractivity contribution is 7.15. The fraction of sp³-hybridized carbons (Fsp3) is 0.235. The van der Waals surface area contributed by atoms with Crippen molar-refractivity contribution in [2.45, 2.75) is 19.9 Å². The minimum absolute atomic E-state index is 0.144. The molecule has 2 heterocycles.